The maximum Gasteiger partial charge on any atom is 0.101 e. The van der Waals surface area contributed by atoms with E-state index in [2.05, 4.69) is 11.0 Å². The van der Waals surface area contributed by atoms with Crippen LogP contribution in [-0.4, -0.2) is 24.8 Å². The number of nitrogens with two attached hydrogens (primary N) is 1. The summed E-state index contributed by atoms with van der Waals surface area (Å²) in [5.74, 6) is 0. The summed E-state index contributed by atoms with van der Waals surface area (Å²) in [6, 6.07) is 7.91. The van der Waals surface area contributed by atoms with Crippen molar-refractivity contribution >= 4 is 5.69 Å². The Morgan fingerprint density at radius 3 is 2.76 bits per heavy atom. The summed E-state index contributed by atoms with van der Waals surface area (Å²) in [5, 5.41) is 18.0. The van der Waals surface area contributed by atoms with Gasteiger partial charge in [-0.3, -0.25) is 0 Å². The molecule has 17 heavy (non-hydrogen) atoms. The molecular formula is C13H19N3O. The van der Waals surface area contributed by atoms with Crippen LogP contribution in [0.2, 0.25) is 0 Å². The van der Waals surface area contributed by atoms with Gasteiger partial charge in [-0.05, 0) is 31.0 Å². The summed E-state index contributed by atoms with van der Waals surface area (Å²) in [6.45, 7) is 4.21. The fraction of sp³-hybridized carbons (Fsp3) is 0.462. The molecule has 0 spiro atoms. The van der Waals surface area contributed by atoms with Crippen molar-refractivity contribution in [2.75, 3.05) is 24.6 Å². The molecule has 0 amide bonds. The van der Waals surface area contributed by atoms with Gasteiger partial charge in [0.25, 0.3) is 0 Å². The summed E-state index contributed by atoms with van der Waals surface area (Å²) < 4.78 is 0. The average molecular weight is 233 g/mol. The van der Waals surface area contributed by atoms with E-state index in [0.29, 0.717) is 18.5 Å². The summed E-state index contributed by atoms with van der Waals surface area (Å²) >= 11 is 0. The largest absolute Gasteiger partial charge is 0.396 e. The summed E-state index contributed by atoms with van der Waals surface area (Å²) in [4.78, 5) is 2.09. The van der Waals surface area contributed by atoms with Crippen LogP contribution in [0.15, 0.2) is 18.2 Å². The molecule has 0 heterocycles. The maximum absolute atomic E-state index is 9.14. The number of hydrogen-bond acceptors (Lipinski definition) is 4. The molecule has 4 nitrogen and oxygen atoms in total. The van der Waals surface area contributed by atoms with Gasteiger partial charge in [-0.15, -0.1) is 0 Å². The van der Waals surface area contributed by atoms with Gasteiger partial charge < -0.3 is 15.7 Å². The van der Waals surface area contributed by atoms with Crippen LogP contribution in [0.3, 0.4) is 0 Å². The van der Waals surface area contributed by atoms with Gasteiger partial charge in [-0.2, -0.15) is 5.26 Å². The lowest BCUT2D eigenvalue weighted by Crippen LogP contribution is -2.25. The van der Waals surface area contributed by atoms with Crippen molar-refractivity contribution in [2.24, 2.45) is 5.73 Å². The minimum Gasteiger partial charge on any atom is -0.396 e. The van der Waals surface area contributed by atoms with Gasteiger partial charge in [0, 0.05) is 26.2 Å². The number of hydrogen-bond donors (Lipinski definition) is 2. The van der Waals surface area contributed by atoms with E-state index in [9.17, 15) is 0 Å². The topological polar surface area (TPSA) is 73.3 Å². The first kappa shape index (κ1) is 13.5. The third kappa shape index (κ3) is 3.45. The number of anilines is 1. The zero-order valence-corrected chi connectivity index (χ0v) is 10.2. The van der Waals surface area contributed by atoms with Crippen LogP contribution in [0, 0.1) is 11.3 Å². The van der Waals surface area contributed by atoms with Crippen molar-refractivity contribution in [2.45, 2.75) is 19.9 Å². The number of aliphatic hydroxyl groups excluding tert-OH is 1. The van der Waals surface area contributed by atoms with Gasteiger partial charge in [0.1, 0.15) is 6.07 Å². The van der Waals surface area contributed by atoms with E-state index in [4.69, 9.17) is 16.1 Å². The lowest BCUT2D eigenvalue weighted by Gasteiger charge is -2.24. The Kier molecular flexibility index (Phi) is 5.47. The predicted octanol–water partition coefficient (Wildman–Crippen LogP) is 1.23. The molecule has 1 aromatic rings. The number of benzene rings is 1. The molecule has 0 aliphatic rings. The fourth-order valence-electron chi connectivity index (χ4n) is 1.79. The van der Waals surface area contributed by atoms with Gasteiger partial charge in [0.15, 0.2) is 0 Å². The first-order valence-corrected chi connectivity index (χ1v) is 5.85. The Labute approximate surface area is 102 Å². The molecule has 0 aliphatic carbocycles. The Bertz CT molecular complexity index is 398. The van der Waals surface area contributed by atoms with E-state index >= 15 is 0 Å². The van der Waals surface area contributed by atoms with E-state index in [1.54, 1.807) is 0 Å². The number of nitriles is 1. The molecule has 1 aromatic carbocycles. The van der Waals surface area contributed by atoms with Gasteiger partial charge in [0.05, 0.1) is 11.3 Å². The van der Waals surface area contributed by atoms with Gasteiger partial charge in [0.2, 0.25) is 0 Å². The fourth-order valence-corrected chi connectivity index (χ4v) is 1.79. The first-order valence-electron chi connectivity index (χ1n) is 5.85. The van der Waals surface area contributed by atoms with Crippen LogP contribution in [-0.2, 0) is 6.54 Å². The third-order valence-electron chi connectivity index (χ3n) is 2.73. The normalized spacial score (nSPS) is 10.0. The molecule has 0 aromatic heterocycles. The molecule has 0 saturated carbocycles. The second kappa shape index (κ2) is 6.89. The molecule has 0 bridgehead atoms. The minimum atomic E-state index is 0.166. The van der Waals surface area contributed by atoms with Crippen LogP contribution in [0.4, 0.5) is 5.69 Å². The van der Waals surface area contributed by atoms with Gasteiger partial charge in [-0.1, -0.05) is 6.07 Å². The lowest BCUT2D eigenvalue weighted by atomic mass is 10.1. The van der Waals surface area contributed by atoms with Crippen molar-refractivity contribution in [1.29, 1.82) is 5.26 Å². The van der Waals surface area contributed by atoms with Crippen LogP contribution in [0.5, 0.6) is 0 Å². The van der Waals surface area contributed by atoms with Crippen molar-refractivity contribution in [3.8, 4) is 6.07 Å². The minimum absolute atomic E-state index is 0.166. The van der Waals surface area contributed by atoms with Crippen LogP contribution in [0.25, 0.3) is 0 Å². The monoisotopic (exact) mass is 233 g/mol. The Morgan fingerprint density at radius 1 is 1.47 bits per heavy atom. The molecule has 0 radical (unpaired) electrons. The molecule has 0 fully saturated rings. The van der Waals surface area contributed by atoms with Crippen molar-refractivity contribution in [1.82, 2.24) is 0 Å². The smallest absolute Gasteiger partial charge is 0.101 e. The Balaban J connectivity index is 2.98. The Hall–Kier alpha value is -1.57. The van der Waals surface area contributed by atoms with Crippen molar-refractivity contribution in [3.63, 3.8) is 0 Å². The molecule has 1 rings (SSSR count). The lowest BCUT2D eigenvalue weighted by molar-refractivity contribution is 0.289. The standard InChI is InChI=1S/C13H19N3O/c1-2-16(6-3-7-17)13-5-4-11(9-14)8-12(13)10-15/h4-5,8,17H,2-3,6-7,9,14H2,1H3. The third-order valence-corrected chi connectivity index (χ3v) is 2.73. The average Bonchev–Trinajstić information content (AvgIpc) is 2.39. The molecular weight excluding hydrogens is 214 g/mol. The highest BCUT2D eigenvalue weighted by Crippen LogP contribution is 2.21. The molecule has 0 unspecified atom stereocenters. The Morgan fingerprint density at radius 2 is 2.24 bits per heavy atom. The van der Waals surface area contributed by atoms with Crippen LogP contribution < -0.4 is 10.6 Å². The first-order chi connectivity index (χ1) is 8.26. The molecule has 4 heteroatoms. The quantitative estimate of drug-likeness (QED) is 0.775. The van der Waals surface area contributed by atoms with Crippen LogP contribution >= 0.6 is 0 Å². The highest BCUT2D eigenvalue weighted by Gasteiger charge is 2.09. The van der Waals surface area contributed by atoms with Gasteiger partial charge >= 0.3 is 0 Å². The van der Waals surface area contributed by atoms with Crippen LogP contribution in [0.1, 0.15) is 24.5 Å². The summed E-state index contributed by atoms with van der Waals surface area (Å²) in [7, 11) is 0. The number of rotatable bonds is 6. The zero-order valence-electron chi connectivity index (χ0n) is 10.2. The summed E-state index contributed by atoms with van der Waals surface area (Å²) in [5.41, 5.74) is 8.08. The predicted molar refractivity (Wildman–Crippen MR) is 68.6 cm³/mol. The van der Waals surface area contributed by atoms with E-state index in [0.717, 1.165) is 24.3 Å². The highest BCUT2D eigenvalue weighted by molar-refractivity contribution is 5.60. The maximum atomic E-state index is 9.14. The van der Waals surface area contributed by atoms with E-state index in [1.165, 1.54) is 0 Å². The molecule has 92 valence electrons. The van der Waals surface area contributed by atoms with Crippen molar-refractivity contribution in [3.05, 3.63) is 29.3 Å². The molecule has 3 N–H and O–H groups in total. The molecule has 0 saturated heterocycles. The SMILES string of the molecule is CCN(CCCO)c1ccc(CN)cc1C#N. The van der Waals surface area contributed by atoms with E-state index in [1.807, 2.05) is 25.1 Å². The number of aliphatic hydroxyl groups is 1. The highest BCUT2D eigenvalue weighted by atomic mass is 16.3. The van der Waals surface area contributed by atoms with E-state index < -0.39 is 0 Å². The molecule has 0 aliphatic heterocycles. The second-order valence-corrected chi connectivity index (χ2v) is 3.82. The zero-order chi connectivity index (χ0) is 12.7. The second-order valence-electron chi connectivity index (χ2n) is 3.82. The number of nitrogens with zero attached hydrogens (tertiary/aromatic N) is 2. The summed E-state index contributed by atoms with van der Waals surface area (Å²) in [6.07, 6.45) is 0.706. The van der Waals surface area contributed by atoms with E-state index in [-0.39, 0.29) is 6.61 Å². The van der Waals surface area contributed by atoms with Crippen molar-refractivity contribution < 1.29 is 5.11 Å². The molecule has 0 atom stereocenters. The van der Waals surface area contributed by atoms with Gasteiger partial charge in [-0.25, -0.2) is 0 Å².